The van der Waals surface area contributed by atoms with E-state index >= 15 is 0 Å². The highest BCUT2D eigenvalue weighted by Crippen LogP contribution is 2.45. The lowest BCUT2D eigenvalue weighted by Crippen LogP contribution is -2.59. The van der Waals surface area contributed by atoms with Crippen LogP contribution in [0.2, 0.25) is 10.0 Å². The molecule has 3 unspecified atom stereocenters. The molecule has 5 atom stereocenters. The maximum atomic E-state index is 12.9. The van der Waals surface area contributed by atoms with Crippen LogP contribution in [-0.4, -0.2) is 65.2 Å². The van der Waals surface area contributed by atoms with Crippen LogP contribution in [0.15, 0.2) is 0 Å². The van der Waals surface area contributed by atoms with Crippen LogP contribution in [0.1, 0.15) is 43.6 Å². The van der Waals surface area contributed by atoms with Gasteiger partial charge < -0.3 is 34.3 Å². The Morgan fingerprint density at radius 3 is 2.31 bits per heavy atom. The first kappa shape index (κ1) is 24.0. The molecule has 3 N–H and O–H groups in total. The standard InChI is InChI=1S/C19H26Cl2O8/c1-6-9-10(13(22)12(21)14(23)11(9)20)18(25)29-16-8(4)28-19(27-7(2)3)17(26-5)15(16)24/h7-8,15-17,19,22-24H,6H2,1-5H3/t8?,15?,16-,17?,19-/m0/s1. The maximum absolute atomic E-state index is 12.9. The second kappa shape index (κ2) is 9.68. The van der Waals surface area contributed by atoms with E-state index in [1.54, 1.807) is 13.8 Å². The van der Waals surface area contributed by atoms with Crippen LogP contribution in [0.5, 0.6) is 11.5 Å². The number of phenols is 2. The summed E-state index contributed by atoms with van der Waals surface area (Å²) in [5.41, 5.74) is -0.117. The molecular formula is C19H26Cl2O8. The monoisotopic (exact) mass is 452 g/mol. The summed E-state index contributed by atoms with van der Waals surface area (Å²) in [6, 6.07) is 0. The minimum absolute atomic E-state index is 0.157. The normalized spacial score (nSPS) is 27.3. The van der Waals surface area contributed by atoms with Gasteiger partial charge in [0.15, 0.2) is 23.9 Å². The smallest absolute Gasteiger partial charge is 0.342 e. The fourth-order valence-corrected chi connectivity index (χ4v) is 3.79. The summed E-state index contributed by atoms with van der Waals surface area (Å²) < 4.78 is 22.1. The first-order valence-electron chi connectivity index (χ1n) is 9.19. The average Bonchev–Trinajstić information content (AvgIpc) is 2.65. The van der Waals surface area contributed by atoms with E-state index in [9.17, 15) is 20.1 Å². The molecule has 0 aromatic heterocycles. The van der Waals surface area contributed by atoms with Crippen molar-refractivity contribution < 1.29 is 39.1 Å². The van der Waals surface area contributed by atoms with Crippen LogP contribution in [0.25, 0.3) is 0 Å². The summed E-state index contributed by atoms with van der Waals surface area (Å²) in [7, 11) is 1.38. The summed E-state index contributed by atoms with van der Waals surface area (Å²) in [5, 5.41) is 30.3. The Bertz CT molecular complexity index is 754. The van der Waals surface area contributed by atoms with E-state index in [4.69, 9.17) is 42.1 Å². The van der Waals surface area contributed by atoms with Gasteiger partial charge in [-0.25, -0.2) is 4.79 Å². The van der Waals surface area contributed by atoms with Crippen molar-refractivity contribution in [3.05, 3.63) is 21.2 Å². The van der Waals surface area contributed by atoms with Crippen LogP contribution in [-0.2, 0) is 25.4 Å². The Labute approximate surface area is 179 Å². The highest BCUT2D eigenvalue weighted by Gasteiger charge is 2.47. The van der Waals surface area contributed by atoms with Gasteiger partial charge in [-0.1, -0.05) is 30.1 Å². The molecule has 1 aromatic rings. The highest BCUT2D eigenvalue weighted by atomic mass is 35.5. The zero-order valence-corrected chi connectivity index (χ0v) is 18.3. The van der Waals surface area contributed by atoms with E-state index in [1.807, 2.05) is 13.8 Å². The van der Waals surface area contributed by atoms with E-state index in [1.165, 1.54) is 7.11 Å². The number of rotatable bonds is 6. The number of aliphatic hydroxyl groups is 1. The Hall–Kier alpha value is -1.29. The van der Waals surface area contributed by atoms with Crippen molar-refractivity contribution in [2.24, 2.45) is 0 Å². The molecular weight excluding hydrogens is 427 g/mol. The van der Waals surface area contributed by atoms with Crippen LogP contribution in [0.3, 0.4) is 0 Å². The van der Waals surface area contributed by atoms with Gasteiger partial charge in [-0.05, 0) is 32.8 Å². The molecule has 0 bridgehead atoms. The minimum Gasteiger partial charge on any atom is -0.505 e. The molecule has 0 amide bonds. The summed E-state index contributed by atoms with van der Waals surface area (Å²) in [6.45, 7) is 6.92. The predicted molar refractivity (Wildman–Crippen MR) is 106 cm³/mol. The van der Waals surface area contributed by atoms with E-state index in [-0.39, 0.29) is 28.7 Å². The molecule has 8 nitrogen and oxygen atoms in total. The van der Waals surface area contributed by atoms with Crippen LogP contribution >= 0.6 is 23.2 Å². The Balaban J connectivity index is 2.34. The van der Waals surface area contributed by atoms with Crippen molar-refractivity contribution in [3.8, 4) is 11.5 Å². The number of hydrogen-bond donors (Lipinski definition) is 3. The van der Waals surface area contributed by atoms with Crippen molar-refractivity contribution in [2.45, 2.75) is 70.9 Å². The lowest BCUT2D eigenvalue weighted by Gasteiger charge is -2.42. The lowest BCUT2D eigenvalue weighted by atomic mass is 9.98. The Kier molecular flexibility index (Phi) is 8.00. The molecule has 1 saturated heterocycles. The molecule has 29 heavy (non-hydrogen) atoms. The number of hydrogen-bond acceptors (Lipinski definition) is 8. The third-order valence-electron chi connectivity index (χ3n) is 4.66. The number of phenolic OH excluding ortho intramolecular Hbond substituents is 2. The number of aromatic hydroxyl groups is 2. The van der Waals surface area contributed by atoms with Crippen molar-refractivity contribution in [1.82, 2.24) is 0 Å². The molecule has 1 aromatic carbocycles. The summed E-state index contributed by atoms with van der Waals surface area (Å²) >= 11 is 11.9. The second-order valence-corrected chi connectivity index (χ2v) is 7.74. The number of esters is 1. The van der Waals surface area contributed by atoms with Gasteiger partial charge in [0.05, 0.1) is 17.2 Å². The van der Waals surface area contributed by atoms with Crippen LogP contribution < -0.4 is 0 Å². The molecule has 1 aliphatic heterocycles. The van der Waals surface area contributed by atoms with E-state index < -0.39 is 53.2 Å². The number of ether oxygens (including phenoxy) is 4. The Morgan fingerprint density at radius 1 is 1.17 bits per heavy atom. The van der Waals surface area contributed by atoms with Gasteiger partial charge in [0.1, 0.15) is 22.8 Å². The first-order valence-corrected chi connectivity index (χ1v) is 9.95. The quantitative estimate of drug-likeness (QED) is 0.564. The zero-order chi connectivity index (χ0) is 22.0. The van der Waals surface area contributed by atoms with Gasteiger partial charge in [0.25, 0.3) is 0 Å². The third kappa shape index (κ3) is 4.73. The third-order valence-corrected chi connectivity index (χ3v) is 5.42. The molecule has 2 rings (SSSR count). The first-order chi connectivity index (χ1) is 13.5. The van der Waals surface area contributed by atoms with Crippen molar-refractivity contribution in [1.29, 1.82) is 0 Å². The average molecular weight is 453 g/mol. The molecule has 1 aliphatic rings. The Morgan fingerprint density at radius 2 is 1.79 bits per heavy atom. The molecule has 164 valence electrons. The van der Waals surface area contributed by atoms with Crippen molar-refractivity contribution in [2.75, 3.05) is 7.11 Å². The lowest BCUT2D eigenvalue weighted by molar-refractivity contribution is -0.305. The van der Waals surface area contributed by atoms with Gasteiger partial charge >= 0.3 is 5.97 Å². The molecule has 10 heteroatoms. The van der Waals surface area contributed by atoms with Gasteiger partial charge in [-0.3, -0.25) is 0 Å². The number of carbonyl (C=O) groups is 1. The van der Waals surface area contributed by atoms with Crippen molar-refractivity contribution in [3.63, 3.8) is 0 Å². The molecule has 0 radical (unpaired) electrons. The van der Waals surface area contributed by atoms with E-state index in [2.05, 4.69) is 0 Å². The SMILES string of the molecule is CCc1c(Cl)c(O)c(Cl)c(O)c1C(=O)O[C@H]1C(C)O[C@H](OC(C)C)C(OC)C1O. The number of carbonyl (C=O) groups excluding carboxylic acids is 1. The number of benzene rings is 1. The zero-order valence-electron chi connectivity index (χ0n) is 16.8. The summed E-state index contributed by atoms with van der Waals surface area (Å²) in [6.07, 6.45) is -4.83. The number of halogens is 2. The largest absolute Gasteiger partial charge is 0.505 e. The van der Waals surface area contributed by atoms with E-state index in [0.717, 1.165) is 0 Å². The van der Waals surface area contributed by atoms with E-state index in [0.29, 0.717) is 0 Å². The fraction of sp³-hybridized carbons (Fsp3) is 0.632. The predicted octanol–water partition coefficient (Wildman–Crippen LogP) is 3.04. The number of methoxy groups -OCH3 is 1. The maximum Gasteiger partial charge on any atom is 0.342 e. The van der Waals surface area contributed by atoms with Gasteiger partial charge in [0.2, 0.25) is 0 Å². The fourth-order valence-electron chi connectivity index (χ4n) is 3.23. The topological polar surface area (TPSA) is 115 Å². The summed E-state index contributed by atoms with van der Waals surface area (Å²) in [4.78, 5) is 12.9. The molecule has 1 heterocycles. The molecule has 0 aliphatic carbocycles. The van der Waals surface area contributed by atoms with Crippen LogP contribution in [0.4, 0.5) is 0 Å². The molecule has 1 fully saturated rings. The summed E-state index contributed by atoms with van der Waals surface area (Å²) in [5.74, 6) is -2.15. The minimum atomic E-state index is -1.26. The highest BCUT2D eigenvalue weighted by molar-refractivity contribution is 6.39. The van der Waals surface area contributed by atoms with Crippen LogP contribution in [0, 0.1) is 0 Å². The second-order valence-electron chi connectivity index (χ2n) is 6.99. The van der Waals surface area contributed by atoms with Gasteiger partial charge in [-0.2, -0.15) is 0 Å². The van der Waals surface area contributed by atoms with Gasteiger partial charge in [0, 0.05) is 7.11 Å². The molecule has 0 saturated carbocycles. The van der Waals surface area contributed by atoms with Gasteiger partial charge in [-0.15, -0.1) is 0 Å². The number of aliphatic hydroxyl groups excluding tert-OH is 1. The molecule has 0 spiro atoms. The van der Waals surface area contributed by atoms with Crippen molar-refractivity contribution >= 4 is 29.2 Å².